The van der Waals surface area contributed by atoms with Gasteiger partial charge in [0.1, 0.15) is 0 Å². The molecule has 2 heterocycles. The van der Waals surface area contributed by atoms with Gasteiger partial charge < -0.3 is 24.2 Å². The summed E-state index contributed by atoms with van der Waals surface area (Å²) < 4.78 is 17.2. The summed E-state index contributed by atoms with van der Waals surface area (Å²) in [6.07, 6.45) is 2.73. The second-order valence-electron chi connectivity index (χ2n) is 6.98. The number of allylic oxidation sites excluding steroid dienone is 1. The number of hydrogen-bond acceptors (Lipinski definition) is 5. The zero-order valence-electron chi connectivity index (χ0n) is 16.2. The van der Waals surface area contributed by atoms with E-state index in [0.717, 1.165) is 12.0 Å². The molecule has 2 aliphatic rings. The van der Waals surface area contributed by atoms with Crippen LogP contribution in [-0.2, 0) is 19.0 Å². The number of rotatable bonds is 7. The number of halogens is 1. The van der Waals surface area contributed by atoms with E-state index in [2.05, 4.69) is 0 Å². The van der Waals surface area contributed by atoms with Crippen molar-refractivity contribution in [1.29, 1.82) is 0 Å². The van der Waals surface area contributed by atoms with E-state index in [9.17, 15) is 9.90 Å². The highest BCUT2D eigenvalue weighted by Crippen LogP contribution is 2.40. The SMILES string of the molecule is CCO[C@H]1OC(C(=O)N2CCOCC2)=C[C@@H](c2ccc(Cl)cc2)[C@H]1CCCO. The highest BCUT2D eigenvalue weighted by atomic mass is 35.5. The number of nitrogens with zero attached hydrogens (tertiary/aromatic N) is 1. The maximum atomic E-state index is 13.0. The maximum Gasteiger partial charge on any atom is 0.288 e. The van der Waals surface area contributed by atoms with Gasteiger partial charge in [-0.1, -0.05) is 23.7 Å². The molecule has 6 nitrogen and oxygen atoms in total. The Bertz CT molecular complexity index is 672. The van der Waals surface area contributed by atoms with E-state index in [1.54, 1.807) is 4.90 Å². The number of carbonyl (C=O) groups excluding carboxylic acids is 1. The van der Waals surface area contributed by atoms with Gasteiger partial charge in [-0.05, 0) is 43.5 Å². The fourth-order valence-corrected chi connectivity index (χ4v) is 3.87. The molecule has 0 radical (unpaired) electrons. The third-order valence-corrected chi connectivity index (χ3v) is 5.43. The van der Waals surface area contributed by atoms with Gasteiger partial charge in [0.05, 0.1) is 13.2 Å². The third-order valence-electron chi connectivity index (χ3n) is 5.18. The molecule has 0 aliphatic carbocycles. The zero-order valence-corrected chi connectivity index (χ0v) is 16.9. The fraction of sp³-hybridized carbons (Fsp3) is 0.571. The van der Waals surface area contributed by atoms with E-state index in [1.807, 2.05) is 37.3 Å². The van der Waals surface area contributed by atoms with Crippen molar-refractivity contribution in [2.45, 2.75) is 32.0 Å². The lowest BCUT2D eigenvalue weighted by atomic mass is 9.80. The molecule has 1 fully saturated rings. The van der Waals surface area contributed by atoms with Crippen LogP contribution >= 0.6 is 11.6 Å². The Labute approximate surface area is 171 Å². The molecule has 1 aromatic carbocycles. The molecular weight excluding hydrogens is 382 g/mol. The molecule has 7 heteroatoms. The Morgan fingerprint density at radius 2 is 2.00 bits per heavy atom. The summed E-state index contributed by atoms with van der Waals surface area (Å²) >= 11 is 6.06. The van der Waals surface area contributed by atoms with E-state index in [-0.39, 0.29) is 24.3 Å². The van der Waals surface area contributed by atoms with Crippen LogP contribution in [0.3, 0.4) is 0 Å². The Balaban J connectivity index is 1.92. The molecule has 1 N–H and O–H groups in total. The smallest absolute Gasteiger partial charge is 0.288 e. The summed E-state index contributed by atoms with van der Waals surface area (Å²) in [6, 6.07) is 7.64. The van der Waals surface area contributed by atoms with Gasteiger partial charge in [0.25, 0.3) is 5.91 Å². The van der Waals surface area contributed by atoms with Crippen molar-refractivity contribution in [1.82, 2.24) is 4.90 Å². The van der Waals surface area contributed by atoms with Crippen LogP contribution in [0.1, 0.15) is 31.2 Å². The number of amides is 1. The van der Waals surface area contributed by atoms with Gasteiger partial charge in [0.15, 0.2) is 5.76 Å². The van der Waals surface area contributed by atoms with Gasteiger partial charge in [-0.2, -0.15) is 0 Å². The zero-order chi connectivity index (χ0) is 19.9. The first kappa shape index (κ1) is 21.1. The number of ether oxygens (including phenoxy) is 3. The summed E-state index contributed by atoms with van der Waals surface area (Å²) in [5.41, 5.74) is 1.05. The summed E-state index contributed by atoms with van der Waals surface area (Å²) in [5.74, 6) is 0.122. The molecule has 3 atom stereocenters. The number of morpholine rings is 1. The molecule has 3 rings (SSSR count). The van der Waals surface area contributed by atoms with Gasteiger partial charge in [-0.15, -0.1) is 0 Å². The van der Waals surface area contributed by atoms with Gasteiger partial charge in [0.2, 0.25) is 6.29 Å². The summed E-state index contributed by atoms with van der Waals surface area (Å²) in [4.78, 5) is 14.8. The molecule has 0 bridgehead atoms. The van der Waals surface area contributed by atoms with E-state index in [0.29, 0.717) is 50.1 Å². The lowest BCUT2D eigenvalue weighted by Gasteiger charge is -2.38. The van der Waals surface area contributed by atoms with Crippen LogP contribution in [-0.4, -0.2) is 61.7 Å². The van der Waals surface area contributed by atoms with Gasteiger partial charge in [0, 0.05) is 43.2 Å². The molecule has 1 aromatic rings. The molecule has 0 unspecified atom stereocenters. The average molecular weight is 410 g/mol. The Morgan fingerprint density at radius 1 is 1.29 bits per heavy atom. The number of benzene rings is 1. The normalized spacial score (nSPS) is 25.2. The van der Waals surface area contributed by atoms with Gasteiger partial charge in [-0.3, -0.25) is 4.79 Å². The minimum atomic E-state index is -0.540. The fourth-order valence-electron chi connectivity index (χ4n) is 3.74. The molecule has 28 heavy (non-hydrogen) atoms. The van der Waals surface area contributed by atoms with Crippen LogP contribution in [0.25, 0.3) is 0 Å². The highest BCUT2D eigenvalue weighted by molar-refractivity contribution is 6.30. The van der Waals surface area contributed by atoms with Crippen molar-refractivity contribution < 1.29 is 24.1 Å². The molecule has 1 saturated heterocycles. The topological polar surface area (TPSA) is 68.2 Å². The molecule has 0 spiro atoms. The molecular formula is C21H28ClNO5. The maximum absolute atomic E-state index is 13.0. The third kappa shape index (κ3) is 5.06. The summed E-state index contributed by atoms with van der Waals surface area (Å²) in [6.45, 7) is 4.67. The van der Waals surface area contributed by atoms with Crippen molar-refractivity contribution in [3.63, 3.8) is 0 Å². The lowest BCUT2D eigenvalue weighted by molar-refractivity contribution is -0.171. The lowest BCUT2D eigenvalue weighted by Crippen LogP contribution is -2.44. The predicted octanol–water partition coefficient (Wildman–Crippen LogP) is 2.95. The number of hydrogen-bond donors (Lipinski definition) is 1. The number of carbonyl (C=O) groups is 1. The number of aliphatic hydroxyl groups excluding tert-OH is 1. The van der Waals surface area contributed by atoms with Crippen molar-refractivity contribution in [2.24, 2.45) is 5.92 Å². The van der Waals surface area contributed by atoms with Crippen LogP contribution in [0.2, 0.25) is 5.02 Å². The van der Waals surface area contributed by atoms with Crippen LogP contribution < -0.4 is 0 Å². The second-order valence-corrected chi connectivity index (χ2v) is 7.42. The highest BCUT2D eigenvalue weighted by Gasteiger charge is 2.38. The molecule has 0 aromatic heterocycles. The van der Waals surface area contributed by atoms with E-state index < -0.39 is 6.29 Å². The van der Waals surface area contributed by atoms with Crippen molar-refractivity contribution in [3.8, 4) is 0 Å². The monoisotopic (exact) mass is 409 g/mol. The van der Waals surface area contributed by atoms with Crippen LogP contribution in [0.5, 0.6) is 0 Å². The summed E-state index contributed by atoms with van der Waals surface area (Å²) in [7, 11) is 0. The van der Waals surface area contributed by atoms with E-state index in [4.69, 9.17) is 25.8 Å². The molecule has 2 aliphatic heterocycles. The Morgan fingerprint density at radius 3 is 2.64 bits per heavy atom. The Kier molecular flexibility index (Phi) is 7.73. The first-order valence-corrected chi connectivity index (χ1v) is 10.2. The van der Waals surface area contributed by atoms with Crippen LogP contribution in [0.4, 0.5) is 0 Å². The van der Waals surface area contributed by atoms with E-state index >= 15 is 0 Å². The molecule has 1 amide bonds. The number of aliphatic hydroxyl groups is 1. The van der Waals surface area contributed by atoms with Crippen molar-refractivity contribution >= 4 is 17.5 Å². The first-order valence-electron chi connectivity index (χ1n) is 9.87. The van der Waals surface area contributed by atoms with E-state index in [1.165, 1.54) is 0 Å². The predicted molar refractivity (Wildman–Crippen MR) is 106 cm³/mol. The quantitative estimate of drug-likeness (QED) is 0.749. The minimum Gasteiger partial charge on any atom is -0.459 e. The molecule has 0 saturated carbocycles. The van der Waals surface area contributed by atoms with Gasteiger partial charge in [-0.25, -0.2) is 0 Å². The minimum absolute atomic E-state index is 0.00508. The average Bonchev–Trinajstić information content (AvgIpc) is 2.73. The van der Waals surface area contributed by atoms with Crippen LogP contribution in [0, 0.1) is 5.92 Å². The second kappa shape index (κ2) is 10.3. The van der Waals surface area contributed by atoms with Crippen molar-refractivity contribution in [3.05, 3.63) is 46.7 Å². The molecule has 154 valence electrons. The Hall–Kier alpha value is -1.60. The summed E-state index contributed by atoms with van der Waals surface area (Å²) in [5, 5.41) is 9.99. The van der Waals surface area contributed by atoms with Crippen LogP contribution in [0.15, 0.2) is 36.1 Å². The standard InChI is InChI=1S/C21H28ClNO5/c1-2-27-21-17(4-3-11-24)18(15-5-7-16(22)8-6-15)14-19(28-21)20(25)23-9-12-26-13-10-23/h5-8,14,17-18,21,24H,2-4,9-13H2,1H3/t17-,18+,21+/m1/s1. The largest absolute Gasteiger partial charge is 0.459 e. The van der Waals surface area contributed by atoms with Gasteiger partial charge >= 0.3 is 0 Å². The van der Waals surface area contributed by atoms with Crippen molar-refractivity contribution in [2.75, 3.05) is 39.5 Å². The first-order chi connectivity index (χ1) is 13.6.